The van der Waals surface area contributed by atoms with Crippen molar-refractivity contribution in [1.82, 2.24) is 0 Å². The van der Waals surface area contributed by atoms with E-state index in [-0.39, 0.29) is 5.82 Å². The van der Waals surface area contributed by atoms with Crippen LogP contribution in [0.5, 0.6) is 0 Å². The molecule has 1 aromatic rings. The van der Waals surface area contributed by atoms with Crippen molar-refractivity contribution in [2.75, 3.05) is 0 Å². The molecule has 0 bridgehead atoms. The first-order valence-electron chi connectivity index (χ1n) is 6.18. The van der Waals surface area contributed by atoms with E-state index in [1.54, 1.807) is 6.07 Å². The second kappa shape index (κ2) is 6.72. The Hall–Kier alpha value is -0.785. The van der Waals surface area contributed by atoms with Crippen molar-refractivity contribution < 1.29 is 4.39 Å². The quantitative estimate of drug-likeness (QED) is 0.636. The summed E-state index contributed by atoms with van der Waals surface area (Å²) in [6, 6.07) is 5.38. The molecular formula is C14H20BF. The van der Waals surface area contributed by atoms with E-state index < -0.39 is 0 Å². The molecule has 2 heteroatoms. The molecule has 2 radical (unpaired) electrons. The normalized spacial score (nSPS) is 12.7. The SMILES string of the molecule is [B]Cc1ccc(CC(CC)CCC)c(F)c1. The van der Waals surface area contributed by atoms with E-state index in [9.17, 15) is 4.39 Å². The lowest BCUT2D eigenvalue weighted by molar-refractivity contribution is 0.452. The summed E-state index contributed by atoms with van der Waals surface area (Å²) < 4.78 is 13.7. The third-order valence-electron chi connectivity index (χ3n) is 3.14. The molecule has 1 rings (SSSR count). The highest BCUT2D eigenvalue weighted by atomic mass is 19.1. The fourth-order valence-electron chi connectivity index (χ4n) is 2.05. The summed E-state index contributed by atoms with van der Waals surface area (Å²) in [4.78, 5) is 0. The number of hydrogen-bond donors (Lipinski definition) is 0. The zero-order valence-electron chi connectivity index (χ0n) is 10.3. The van der Waals surface area contributed by atoms with E-state index >= 15 is 0 Å². The van der Waals surface area contributed by atoms with Crippen molar-refractivity contribution in [1.29, 1.82) is 0 Å². The highest BCUT2D eigenvalue weighted by Crippen LogP contribution is 2.20. The van der Waals surface area contributed by atoms with Crippen LogP contribution in [-0.4, -0.2) is 7.85 Å². The molecule has 0 fully saturated rings. The van der Waals surface area contributed by atoms with Crippen molar-refractivity contribution in [3.63, 3.8) is 0 Å². The Labute approximate surface area is 99.7 Å². The van der Waals surface area contributed by atoms with E-state index in [0.29, 0.717) is 12.2 Å². The van der Waals surface area contributed by atoms with E-state index in [2.05, 4.69) is 13.8 Å². The summed E-state index contributed by atoms with van der Waals surface area (Å²) >= 11 is 0. The maximum Gasteiger partial charge on any atom is 0.126 e. The molecule has 0 saturated heterocycles. The van der Waals surface area contributed by atoms with Crippen LogP contribution in [0.2, 0.25) is 0 Å². The third kappa shape index (κ3) is 3.66. The summed E-state index contributed by atoms with van der Waals surface area (Å²) in [5.41, 5.74) is 1.70. The van der Waals surface area contributed by atoms with E-state index in [0.717, 1.165) is 24.0 Å². The highest BCUT2D eigenvalue weighted by molar-refractivity contribution is 6.08. The minimum atomic E-state index is -0.0995. The van der Waals surface area contributed by atoms with E-state index in [1.807, 2.05) is 12.1 Å². The van der Waals surface area contributed by atoms with Gasteiger partial charge in [0, 0.05) is 0 Å². The summed E-state index contributed by atoms with van der Waals surface area (Å²) in [5, 5.41) is 0. The first-order chi connectivity index (χ1) is 7.71. The second-order valence-electron chi connectivity index (χ2n) is 4.40. The van der Waals surface area contributed by atoms with Gasteiger partial charge in [0.2, 0.25) is 0 Å². The molecule has 0 saturated carbocycles. The first kappa shape index (κ1) is 13.3. The second-order valence-corrected chi connectivity index (χ2v) is 4.40. The van der Waals surface area contributed by atoms with Crippen molar-refractivity contribution in [2.45, 2.75) is 45.9 Å². The molecular weight excluding hydrogens is 198 g/mol. The number of hydrogen-bond acceptors (Lipinski definition) is 0. The van der Waals surface area contributed by atoms with Crippen LogP contribution in [-0.2, 0) is 12.7 Å². The van der Waals surface area contributed by atoms with Crippen molar-refractivity contribution >= 4 is 7.85 Å². The number of rotatable bonds is 6. The standard InChI is InChI=1S/C14H20BF/c1-3-5-11(4-2)8-13-7-6-12(10-15)9-14(13)16/h6-7,9,11H,3-5,8,10H2,1-2H3. The van der Waals surface area contributed by atoms with Gasteiger partial charge < -0.3 is 0 Å². The van der Waals surface area contributed by atoms with Crippen LogP contribution >= 0.6 is 0 Å². The molecule has 0 aromatic heterocycles. The summed E-state index contributed by atoms with van der Waals surface area (Å²) in [5.74, 6) is 0.501. The molecule has 16 heavy (non-hydrogen) atoms. The largest absolute Gasteiger partial charge is 0.207 e. The van der Waals surface area contributed by atoms with Crippen molar-refractivity contribution in [3.05, 3.63) is 35.1 Å². The zero-order chi connectivity index (χ0) is 12.0. The van der Waals surface area contributed by atoms with Crippen LogP contribution in [0.1, 0.15) is 44.2 Å². The van der Waals surface area contributed by atoms with Crippen LogP contribution in [0.25, 0.3) is 0 Å². The summed E-state index contributed by atoms with van der Waals surface area (Å²) in [6.45, 7) is 4.35. The van der Waals surface area contributed by atoms with E-state index in [1.165, 1.54) is 12.8 Å². The molecule has 0 aliphatic carbocycles. The Morgan fingerprint density at radius 3 is 2.56 bits per heavy atom. The van der Waals surface area contributed by atoms with Gasteiger partial charge in [0.05, 0.1) is 7.85 Å². The number of halogens is 1. The molecule has 0 N–H and O–H groups in total. The molecule has 1 aromatic carbocycles. The van der Waals surface area contributed by atoms with Gasteiger partial charge in [-0.25, -0.2) is 4.39 Å². The lowest BCUT2D eigenvalue weighted by Gasteiger charge is -2.14. The highest BCUT2D eigenvalue weighted by Gasteiger charge is 2.10. The van der Waals surface area contributed by atoms with Crippen LogP contribution in [0.15, 0.2) is 18.2 Å². The first-order valence-corrected chi connectivity index (χ1v) is 6.18. The fourth-order valence-corrected chi connectivity index (χ4v) is 2.05. The molecule has 0 spiro atoms. The van der Waals surface area contributed by atoms with Gasteiger partial charge in [0.1, 0.15) is 5.82 Å². The summed E-state index contributed by atoms with van der Waals surface area (Å²) in [7, 11) is 5.48. The van der Waals surface area contributed by atoms with Crippen molar-refractivity contribution in [3.8, 4) is 0 Å². The maximum absolute atomic E-state index is 13.7. The molecule has 0 amide bonds. The maximum atomic E-state index is 13.7. The van der Waals surface area contributed by atoms with Gasteiger partial charge in [-0.3, -0.25) is 0 Å². The Bertz CT molecular complexity index is 323. The predicted octanol–water partition coefficient (Wildman–Crippen LogP) is 3.86. The Morgan fingerprint density at radius 1 is 1.31 bits per heavy atom. The Balaban J connectivity index is 2.72. The molecule has 0 nitrogen and oxygen atoms in total. The Kier molecular flexibility index (Phi) is 5.58. The van der Waals surface area contributed by atoms with Gasteiger partial charge in [-0.1, -0.05) is 57.1 Å². The van der Waals surface area contributed by atoms with Crippen LogP contribution in [0.4, 0.5) is 4.39 Å². The van der Waals surface area contributed by atoms with Gasteiger partial charge >= 0.3 is 0 Å². The molecule has 1 unspecified atom stereocenters. The topological polar surface area (TPSA) is 0 Å². The van der Waals surface area contributed by atoms with Gasteiger partial charge in [-0.2, -0.15) is 0 Å². The summed E-state index contributed by atoms with van der Waals surface area (Å²) in [6.07, 6.45) is 4.71. The predicted molar refractivity (Wildman–Crippen MR) is 68.3 cm³/mol. The lowest BCUT2D eigenvalue weighted by Crippen LogP contribution is -2.05. The molecule has 1 atom stereocenters. The smallest absolute Gasteiger partial charge is 0.126 e. The molecule has 0 aliphatic rings. The van der Waals surface area contributed by atoms with Gasteiger partial charge in [-0.05, 0) is 24.0 Å². The average molecular weight is 218 g/mol. The monoisotopic (exact) mass is 218 g/mol. The van der Waals surface area contributed by atoms with Gasteiger partial charge in [0.15, 0.2) is 0 Å². The van der Waals surface area contributed by atoms with Crippen LogP contribution in [0.3, 0.4) is 0 Å². The third-order valence-corrected chi connectivity index (χ3v) is 3.14. The molecule has 0 heterocycles. The van der Waals surface area contributed by atoms with Crippen LogP contribution in [0, 0.1) is 11.7 Å². The lowest BCUT2D eigenvalue weighted by atomic mass is 9.90. The fraction of sp³-hybridized carbons (Fsp3) is 0.571. The molecule has 86 valence electrons. The zero-order valence-corrected chi connectivity index (χ0v) is 10.3. The number of benzene rings is 1. The molecule has 0 aliphatic heterocycles. The van der Waals surface area contributed by atoms with Crippen LogP contribution < -0.4 is 0 Å². The van der Waals surface area contributed by atoms with Gasteiger partial charge in [0.25, 0.3) is 0 Å². The minimum absolute atomic E-state index is 0.0995. The van der Waals surface area contributed by atoms with Crippen molar-refractivity contribution in [2.24, 2.45) is 5.92 Å². The van der Waals surface area contributed by atoms with Gasteiger partial charge in [-0.15, -0.1) is 0 Å². The average Bonchev–Trinajstić information content (AvgIpc) is 2.30. The minimum Gasteiger partial charge on any atom is -0.207 e. The van der Waals surface area contributed by atoms with E-state index in [4.69, 9.17) is 7.85 Å². The Morgan fingerprint density at radius 2 is 2.06 bits per heavy atom.